The molecule has 1 heterocycles. The quantitative estimate of drug-likeness (QED) is 0.854. The average Bonchev–Trinajstić information content (AvgIpc) is 2.26. The molecule has 1 aromatic heterocycles. The smallest absolute Gasteiger partial charge is 0.269 e. The van der Waals surface area contributed by atoms with E-state index >= 15 is 0 Å². The Bertz CT molecular complexity index is 329. The van der Waals surface area contributed by atoms with Crippen LogP contribution in [0.25, 0.3) is 0 Å². The topological polar surface area (TPSA) is 42.0 Å². The number of carbonyl (C=O) groups is 1. The highest BCUT2D eigenvalue weighted by Crippen LogP contribution is 2.00. The fourth-order valence-corrected chi connectivity index (χ4v) is 1.15. The minimum atomic E-state index is -0.444. The van der Waals surface area contributed by atoms with Crippen molar-refractivity contribution >= 4 is 21.8 Å². The summed E-state index contributed by atoms with van der Waals surface area (Å²) in [6.45, 7) is 2.58. The van der Waals surface area contributed by atoms with Gasteiger partial charge in [0.1, 0.15) is 11.5 Å². The Balaban J connectivity index is 2.50. The molecule has 3 nitrogen and oxygen atoms in total. The summed E-state index contributed by atoms with van der Waals surface area (Å²) in [5, 5.41) is 3.54. The first-order valence-electron chi connectivity index (χ1n) is 4.59. The summed E-state index contributed by atoms with van der Waals surface area (Å²) in [5.41, 5.74) is 0.234. The summed E-state index contributed by atoms with van der Waals surface area (Å²) >= 11 is 3.31. The molecule has 5 heteroatoms. The minimum absolute atomic E-state index is 0.234. The van der Waals surface area contributed by atoms with Crippen LogP contribution in [-0.2, 0) is 0 Å². The molecule has 1 amide bonds. The number of pyridine rings is 1. The lowest BCUT2D eigenvalue weighted by molar-refractivity contribution is 0.0944. The van der Waals surface area contributed by atoms with Gasteiger partial charge in [-0.15, -0.1) is 0 Å². The van der Waals surface area contributed by atoms with Gasteiger partial charge in [0.25, 0.3) is 5.91 Å². The average molecular weight is 275 g/mol. The van der Waals surface area contributed by atoms with Gasteiger partial charge < -0.3 is 5.32 Å². The third-order valence-electron chi connectivity index (χ3n) is 1.83. The van der Waals surface area contributed by atoms with E-state index in [1.807, 2.05) is 6.92 Å². The van der Waals surface area contributed by atoms with Crippen LogP contribution in [0, 0.1) is 11.7 Å². The molecule has 0 bridgehead atoms. The molecule has 1 aromatic rings. The molecule has 82 valence electrons. The highest BCUT2D eigenvalue weighted by atomic mass is 79.9. The van der Waals surface area contributed by atoms with Gasteiger partial charge >= 0.3 is 0 Å². The van der Waals surface area contributed by atoms with E-state index in [1.165, 1.54) is 12.1 Å². The van der Waals surface area contributed by atoms with Crippen LogP contribution in [0.5, 0.6) is 0 Å². The first-order valence-corrected chi connectivity index (χ1v) is 5.71. The molecule has 0 aliphatic heterocycles. The molecule has 0 saturated carbocycles. The maximum atomic E-state index is 12.5. The van der Waals surface area contributed by atoms with Gasteiger partial charge in [-0.1, -0.05) is 22.9 Å². The summed E-state index contributed by atoms with van der Waals surface area (Å²) in [6, 6.07) is 2.58. The van der Waals surface area contributed by atoms with E-state index in [-0.39, 0.29) is 11.6 Å². The summed E-state index contributed by atoms with van der Waals surface area (Å²) in [4.78, 5) is 15.1. The number of nitrogens with one attached hydrogen (secondary N) is 1. The molecule has 1 N–H and O–H groups in total. The normalized spacial score (nSPS) is 12.2. The lowest BCUT2D eigenvalue weighted by Crippen LogP contribution is -2.29. The van der Waals surface area contributed by atoms with Gasteiger partial charge in [-0.25, -0.2) is 9.37 Å². The second-order valence-corrected chi connectivity index (χ2v) is 3.98. The van der Waals surface area contributed by atoms with E-state index < -0.39 is 5.82 Å². The minimum Gasteiger partial charge on any atom is -0.350 e. The van der Waals surface area contributed by atoms with Gasteiger partial charge in [0, 0.05) is 11.9 Å². The Hall–Kier alpha value is -0.970. The zero-order chi connectivity index (χ0) is 11.3. The van der Waals surface area contributed by atoms with E-state index in [1.54, 1.807) is 0 Å². The van der Waals surface area contributed by atoms with Crippen molar-refractivity contribution in [1.29, 1.82) is 0 Å². The maximum absolute atomic E-state index is 12.5. The summed E-state index contributed by atoms with van der Waals surface area (Å²) in [6.07, 6.45) is 1.03. The Morgan fingerprint density at radius 1 is 1.67 bits per heavy atom. The Labute approximate surface area is 96.2 Å². The first-order chi connectivity index (χ1) is 7.13. The molecule has 1 unspecified atom stereocenters. The van der Waals surface area contributed by atoms with E-state index in [0.29, 0.717) is 12.5 Å². The van der Waals surface area contributed by atoms with Gasteiger partial charge in [-0.05, 0) is 18.1 Å². The summed E-state index contributed by atoms with van der Waals surface area (Å²) < 4.78 is 12.5. The van der Waals surface area contributed by atoms with Crippen LogP contribution < -0.4 is 5.32 Å². The molecule has 1 rings (SSSR count). The molecule has 0 aliphatic rings. The standard InChI is InChI=1S/C10H12BrFN2O/c1-7(4-11)5-14-10(15)9-3-2-8(12)6-13-9/h2-3,6-7H,4-5H2,1H3,(H,14,15). The molecule has 0 saturated heterocycles. The second-order valence-electron chi connectivity index (χ2n) is 3.33. The third kappa shape index (κ3) is 3.95. The van der Waals surface area contributed by atoms with Crippen molar-refractivity contribution in [3.8, 4) is 0 Å². The van der Waals surface area contributed by atoms with Crippen LogP contribution in [-0.4, -0.2) is 22.8 Å². The van der Waals surface area contributed by atoms with E-state index in [0.717, 1.165) is 11.5 Å². The van der Waals surface area contributed by atoms with E-state index in [2.05, 4.69) is 26.2 Å². The zero-order valence-corrected chi connectivity index (χ0v) is 9.92. The molecular formula is C10H12BrFN2O. The lowest BCUT2D eigenvalue weighted by atomic mass is 10.2. The third-order valence-corrected chi connectivity index (χ3v) is 2.94. The number of nitrogens with zero attached hydrogens (tertiary/aromatic N) is 1. The zero-order valence-electron chi connectivity index (χ0n) is 8.34. The molecule has 0 spiro atoms. The molecule has 0 radical (unpaired) electrons. The Kier molecular flexibility index (Phi) is 4.68. The number of hydrogen-bond acceptors (Lipinski definition) is 2. The fourth-order valence-electron chi connectivity index (χ4n) is 0.922. The van der Waals surface area contributed by atoms with E-state index in [4.69, 9.17) is 0 Å². The number of amides is 1. The predicted molar refractivity (Wildman–Crippen MR) is 59.5 cm³/mol. The van der Waals surface area contributed by atoms with Crippen molar-refractivity contribution < 1.29 is 9.18 Å². The number of halogens is 2. The monoisotopic (exact) mass is 274 g/mol. The van der Waals surface area contributed by atoms with Crippen LogP contribution in [0.15, 0.2) is 18.3 Å². The van der Waals surface area contributed by atoms with Crippen molar-refractivity contribution in [3.05, 3.63) is 29.8 Å². The van der Waals surface area contributed by atoms with Crippen molar-refractivity contribution in [1.82, 2.24) is 10.3 Å². The number of hydrogen-bond donors (Lipinski definition) is 1. The number of aromatic nitrogens is 1. The van der Waals surface area contributed by atoms with Crippen LogP contribution in [0.1, 0.15) is 17.4 Å². The van der Waals surface area contributed by atoms with Crippen molar-refractivity contribution in [3.63, 3.8) is 0 Å². The van der Waals surface area contributed by atoms with Gasteiger partial charge in [0.2, 0.25) is 0 Å². The van der Waals surface area contributed by atoms with Crippen LogP contribution in [0.2, 0.25) is 0 Å². The highest BCUT2D eigenvalue weighted by Gasteiger charge is 2.08. The second kappa shape index (κ2) is 5.80. The van der Waals surface area contributed by atoms with Gasteiger partial charge in [0.05, 0.1) is 6.20 Å². The summed E-state index contributed by atoms with van der Waals surface area (Å²) in [7, 11) is 0. The van der Waals surface area contributed by atoms with Crippen molar-refractivity contribution in [2.24, 2.45) is 5.92 Å². The summed E-state index contributed by atoms with van der Waals surface area (Å²) in [5.74, 6) is -0.363. The fraction of sp³-hybridized carbons (Fsp3) is 0.400. The molecule has 0 aromatic carbocycles. The van der Waals surface area contributed by atoms with Crippen molar-refractivity contribution in [2.75, 3.05) is 11.9 Å². The Morgan fingerprint density at radius 3 is 2.93 bits per heavy atom. The van der Waals surface area contributed by atoms with Gasteiger partial charge in [0.15, 0.2) is 0 Å². The number of alkyl halides is 1. The lowest BCUT2D eigenvalue weighted by Gasteiger charge is -2.08. The van der Waals surface area contributed by atoms with Gasteiger partial charge in [-0.2, -0.15) is 0 Å². The van der Waals surface area contributed by atoms with Gasteiger partial charge in [-0.3, -0.25) is 4.79 Å². The first kappa shape index (κ1) is 12.1. The predicted octanol–water partition coefficient (Wildman–Crippen LogP) is 1.98. The van der Waals surface area contributed by atoms with Crippen LogP contribution in [0.4, 0.5) is 4.39 Å². The number of rotatable bonds is 4. The maximum Gasteiger partial charge on any atom is 0.269 e. The van der Waals surface area contributed by atoms with Crippen molar-refractivity contribution in [2.45, 2.75) is 6.92 Å². The number of carbonyl (C=O) groups excluding carboxylic acids is 1. The Morgan fingerprint density at radius 2 is 2.40 bits per heavy atom. The molecule has 0 aliphatic carbocycles. The van der Waals surface area contributed by atoms with Crippen LogP contribution in [0.3, 0.4) is 0 Å². The molecular weight excluding hydrogens is 263 g/mol. The SMILES string of the molecule is CC(CBr)CNC(=O)c1ccc(F)cn1. The largest absolute Gasteiger partial charge is 0.350 e. The van der Waals surface area contributed by atoms with Crippen LogP contribution >= 0.6 is 15.9 Å². The molecule has 0 fully saturated rings. The molecule has 1 atom stereocenters. The highest BCUT2D eigenvalue weighted by molar-refractivity contribution is 9.09. The van der Waals surface area contributed by atoms with E-state index in [9.17, 15) is 9.18 Å². The molecule has 15 heavy (non-hydrogen) atoms.